The summed E-state index contributed by atoms with van der Waals surface area (Å²) in [5.41, 5.74) is 1.11. The largest absolute Gasteiger partial charge is 0.494 e. The highest BCUT2D eigenvalue weighted by molar-refractivity contribution is 5.49. The molecule has 0 amide bonds. The van der Waals surface area contributed by atoms with Crippen LogP contribution in [0.25, 0.3) is 6.08 Å². The Labute approximate surface area is 125 Å². The minimum Gasteiger partial charge on any atom is -0.494 e. The fourth-order valence-electron chi connectivity index (χ4n) is 1.73. The zero-order valence-electron chi connectivity index (χ0n) is 13.8. The van der Waals surface area contributed by atoms with Crippen LogP contribution < -0.4 is 10.1 Å². The molecular weight excluding hydrogens is 246 g/mol. The number of ether oxygens (including phenoxy) is 1. The molecule has 20 heavy (non-hydrogen) atoms. The molecule has 1 rings (SSSR count). The van der Waals surface area contributed by atoms with Crippen LogP contribution in [0.2, 0.25) is 0 Å². The maximum absolute atomic E-state index is 5.54. The maximum atomic E-state index is 5.54. The molecule has 0 saturated heterocycles. The van der Waals surface area contributed by atoms with Crippen molar-refractivity contribution in [2.75, 3.05) is 6.61 Å². The van der Waals surface area contributed by atoms with E-state index in [-0.39, 0.29) is 0 Å². The van der Waals surface area contributed by atoms with Crippen molar-refractivity contribution in [3.8, 4) is 5.75 Å². The van der Waals surface area contributed by atoms with Crippen LogP contribution in [-0.4, -0.2) is 18.7 Å². The van der Waals surface area contributed by atoms with Crippen LogP contribution in [-0.2, 0) is 0 Å². The second-order valence-corrected chi connectivity index (χ2v) is 5.45. The van der Waals surface area contributed by atoms with Crippen molar-refractivity contribution >= 4 is 6.08 Å². The first kappa shape index (κ1) is 18.7. The number of hydrogen-bond donors (Lipinski definition) is 1. The van der Waals surface area contributed by atoms with Crippen molar-refractivity contribution in [3.63, 3.8) is 0 Å². The average Bonchev–Trinajstić information content (AvgIpc) is 2.38. The molecule has 0 unspecified atom stereocenters. The first-order valence-corrected chi connectivity index (χ1v) is 7.60. The van der Waals surface area contributed by atoms with Crippen molar-refractivity contribution in [3.05, 3.63) is 36.4 Å². The van der Waals surface area contributed by atoms with E-state index in [9.17, 15) is 0 Å². The molecular formula is C18H31NO. The van der Waals surface area contributed by atoms with E-state index in [0.717, 1.165) is 24.3 Å². The highest BCUT2D eigenvalue weighted by atomic mass is 16.5. The number of benzene rings is 1. The monoisotopic (exact) mass is 277 g/mol. The van der Waals surface area contributed by atoms with Gasteiger partial charge in [-0.2, -0.15) is 0 Å². The van der Waals surface area contributed by atoms with Gasteiger partial charge in [0.15, 0.2) is 0 Å². The van der Waals surface area contributed by atoms with Gasteiger partial charge in [-0.05, 0) is 24.1 Å². The van der Waals surface area contributed by atoms with Gasteiger partial charge >= 0.3 is 0 Å². The van der Waals surface area contributed by atoms with E-state index in [1.807, 2.05) is 30.3 Å². The predicted octanol–water partition coefficient (Wildman–Crippen LogP) is 4.90. The van der Waals surface area contributed by atoms with Crippen molar-refractivity contribution < 1.29 is 4.74 Å². The molecule has 0 radical (unpaired) electrons. The van der Waals surface area contributed by atoms with Crippen LogP contribution in [0.1, 0.15) is 53.0 Å². The summed E-state index contributed by atoms with van der Waals surface area (Å²) in [7, 11) is 0. The summed E-state index contributed by atoms with van der Waals surface area (Å²) < 4.78 is 5.54. The zero-order chi connectivity index (χ0) is 15.4. The molecule has 1 N–H and O–H groups in total. The van der Waals surface area contributed by atoms with Crippen LogP contribution in [0.3, 0.4) is 0 Å². The lowest BCUT2D eigenvalue weighted by atomic mass is 10.2. The molecule has 2 heteroatoms. The Balaban J connectivity index is 0.000000441. The van der Waals surface area contributed by atoms with Gasteiger partial charge in [0.1, 0.15) is 5.75 Å². The van der Waals surface area contributed by atoms with Crippen LogP contribution in [0, 0.1) is 0 Å². The average molecular weight is 277 g/mol. The van der Waals surface area contributed by atoms with Crippen molar-refractivity contribution in [1.29, 1.82) is 0 Å². The lowest BCUT2D eigenvalue weighted by molar-refractivity contribution is 0.309. The van der Waals surface area contributed by atoms with Gasteiger partial charge in [0, 0.05) is 12.1 Å². The van der Waals surface area contributed by atoms with Crippen LogP contribution in [0.15, 0.2) is 30.8 Å². The maximum Gasteiger partial charge on any atom is 0.119 e. The number of nitrogens with one attached hydrogen (secondary N) is 1. The Bertz CT molecular complexity index is 352. The van der Waals surface area contributed by atoms with Crippen LogP contribution >= 0.6 is 0 Å². The minimum atomic E-state index is 0.625. The smallest absolute Gasteiger partial charge is 0.119 e. The standard InChI is InChI=1S/C12H16O.C6H15N/c1-3-5-9-13-12-8-6-7-11(4-2)10-12;1-5(2)7-6(3)4/h4,6-8,10H,2-3,5,9H2,1H3;5-7H,1-4H3. The quantitative estimate of drug-likeness (QED) is 0.716. The third kappa shape index (κ3) is 10.6. The van der Waals surface area contributed by atoms with E-state index in [2.05, 4.69) is 46.5 Å². The normalized spacial score (nSPS) is 10.2. The van der Waals surface area contributed by atoms with Gasteiger partial charge in [-0.15, -0.1) is 0 Å². The molecule has 0 aliphatic carbocycles. The third-order valence-electron chi connectivity index (χ3n) is 2.53. The van der Waals surface area contributed by atoms with Gasteiger partial charge in [-0.3, -0.25) is 0 Å². The molecule has 114 valence electrons. The summed E-state index contributed by atoms with van der Waals surface area (Å²) in [6.07, 6.45) is 4.10. The van der Waals surface area contributed by atoms with Gasteiger partial charge < -0.3 is 10.1 Å². The molecule has 0 aliphatic rings. The summed E-state index contributed by atoms with van der Waals surface area (Å²) in [4.78, 5) is 0. The molecule has 0 saturated carbocycles. The molecule has 0 heterocycles. The summed E-state index contributed by atoms with van der Waals surface area (Å²) in [5, 5.41) is 3.31. The summed E-state index contributed by atoms with van der Waals surface area (Å²) in [5.74, 6) is 0.936. The molecule has 1 aromatic rings. The van der Waals surface area contributed by atoms with Gasteiger partial charge in [0.05, 0.1) is 6.61 Å². The molecule has 0 fully saturated rings. The minimum absolute atomic E-state index is 0.625. The molecule has 0 aliphatic heterocycles. The second-order valence-electron chi connectivity index (χ2n) is 5.45. The lowest BCUT2D eigenvalue weighted by Crippen LogP contribution is -2.29. The molecule has 0 aromatic heterocycles. The molecule has 0 atom stereocenters. The van der Waals surface area contributed by atoms with E-state index in [1.54, 1.807) is 0 Å². The van der Waals surface area contributed by atoms with Gasteiger partial charge in [-0.25, -0.2) is 0 Å². The number of hydrogen-bond acceptors (Lipinski definition) is 2. The lowest BCUT2D eigenvalue weighted by Gasteiger charge is -2.10. The van der Waals surface area contributed by atoms with Crippen LogP contribution in [0.4, 0.5) is 0 Å². The fourth-order valence-corrected chi connectivity index (χ4v) is 1.73. The van der Waals surface area contributed by atoms with E-state index in [0.29, 0.717) is 12.1 Å². The molecule has 0 bridgehead atoms. The molecule has 0 spiro atoms. The Kier molecular flexibility index (Phi) is 10.8. The predicted molar refractivity (Wildman–Crippen MR) is 90.3 cm³/mol. The van der Waals surface area contributed by atoms with E-state index in [4.69, 9.17) is 4.74 Å². The van der Waals surface area contributed by atoms with Gasteiger partial charge in [-0.1, -0.05) is 65.8 Å². The second kappa shape index (κ2) is 11.5. The first-order valence-electron chi connectivity index (χ1n) is 7.60. The highest BCUT2D eigenvalue weighted by Gasteiger charge is 1.93. The van der Waals surface area contributed by atoms with Gasteiger partial charge in [0.25, 0.3) is 0 Å². The third-order valence-corrected chi connectivity index (χ3v) is 2.53. The van der Waals surface area contributed by atoms with E-state index >= 15 is 0 Å². The molecule has 1 aromatic carbocycles. The van der Waals surface area contributed by atoms with Crippen molar-refractivity contribution in [1.82, 2.24) is 5.32 Å². The SMILES string of the molecule is C=Cc1cccc(OCCCC)c1.CC(C)NC(C)C. The van der Waals surface area contributed by atoms with E-state index < -0.39 is 0 Å². The summed E-state index contributed by atoms with van der Waals surface area (Å²) >= 11 is 0. The Morgan fingerprint density at radius 3 is 2.30 bits per heavy atom. The van der Waals surface area contributed by atoms with Crippen LogP contribution in [0.5, 0.6) is 5.75 Å². The van der Waals surface area contributed by atoms with Gasteiger partial charge in [0.2, 0.25) is 0 Å². The Hall–Kier alpha value is -1.28. The first-order chi connectivity index (χ1) is 9.49. The Morgan fingerprint density at radius 1 is 1.20 bits per heavy atom. The highest BCUT2D eigenvalue weighted by Crippen LogP contribution is 2.14. The Morgan fingerprint density at radius 2 is 1.85 bits per heavy atom. The molecule has 2 nitrogen and oxygen atoms in total. The zero-order valence-corrected chi connectivity index (χ0v) is 13.8. The van der Waals surface area contributed by atoms with E-state index in [1.165, 1.54) is 6.42 Å². The topological polar surface area (TPSA) is 21.3 Å². The summed E-state index contributed by atoms with van der Waals surface area (Å²) in [6.45, 7) is 15.3. The summed E-state index contributed by atoms with van der Waals surface area (Å²) in [6, 6.07) is 9.23. The van der Waals surface area contributed by atoms with Crippen molar-refractivity contribution in [2.45, 2.75) is 59.5 Å². The number of rotatable bonds is 7. The number of unbranched alkanes of at least 4 members (excludes halogenated alkanes) is 1. The van der Waals surface area contributed by atoms with Crippen molar-refractivity contribution in [2.24, 2.45) is 0 Å². The fraction of sp³-hybridized carbons (Fsp3) is 0.556.